The smallest absolute Gasteiger partial charge is 0.274 e. The van der Waals surface area contributed by atoms with Crippen molar-refractivity contribution in [2.75, 3.05) is 11.6 Å². The highest BCUT2D eigenvalue weighted by atomic mass is 32.2. The van der Waals surface area contributed by atoms with Crippen molar-refractivity contribution in [2.24, 2.45) is 0 Å². The fraction of sp³-hybridized carbons (Fsp3) is 0.0435. The Bertz CT molecular complexity index is 1140. The molecule has 6 heteroatoms. The van der Waals surface area contributed by atoms with E-state index in [0.29, 0.717) is 22.2 Å². The molecule has 0 saturated carbocycles. The molecule has 0 aliphatic carbocycles. The number of nitrogens with zero attached hydrogens (tertiary/aromatic N) is 2. The summed E-state index contributed by atoms with van der Waals surface area (Å²) in [6, 6.07) is 23.5. The third kappa shape index (κ3) is 3.93. The maximum Gasteiger partial charge on any atom is 0.274 e. The van der Waals surface area contributed by atoms with Gasteiger partial charge in [-0.05, 0) is 42.2 Å². The molecule has 29 heavy (non-hydrogen) atoms. The number of carbonyl (C=O) groups excluding carboxylic acids is 1. The van der Waals surface area contributed by atoms with Crippen molar-refractivity contribution in [3.8, 4) is 16.8 Å². The van der Waals surface area contributed by atoms with Crippen LogP contribution in [0, 0.1) is 5.82 Å². The summed E-state index contributed by atoms with van der Waals surface area (Å²) >= 11 is 1.42. The van der Waals surface area contributed by atoms with E-state index in [1.165, 1.54) is 30.1 Å². The molecule has 0 unspecified atom stereocenters. The van der Waals surface area contributed by atoms with Crippen LogP contribution in [0.2, 0.25) is 0 Å². The molecule has 0 bridgehead atoms. The van der Waals surface area contributed by atoms with Crippen LogP contribution in [0.3, 0.4) is 0 Å². The van der Waals surface area contributed by atoms with E-state index in [9.17, 15) is 9.18 Å². The molecular weight excluding hydrogens is 385 g/mol. The molecule has 0 saturated heterocycles. The van der Waals surface area contributed by atoms with E-state index in [1.54, 1.807) is 16.7 Å². The van der Waals surface area contributed by atoms with Crippen molar-refractivity contribution >= 4 is 23.4 Å². The third-order valence-electron chi connectivity index (χ3n) is 4.49. The van der Waals surface area contributed by atoms with Gasteiger partial charge in [0.25, 0.3) is 5.91 Å². The van der Waals surface area contributed by atoms with Crippen molar-refractivity contribution in [3.05, 3.63) is 96.6 Å². The van der Waals surface area contributed by atoms with Gasteiger partial charge in [-0.1, -0.05) is 60.3 Å². The van der Waals surface area contributed by atoms with Crippen LogP contribution in [0.1, 0.15) is 10.5 Å². The summed E-state index contributed by atoms with van der Waals surface area (Å²) in [7, 11) is 0. The molecule has 0 radical (unpaired) electrons. The topological polar surface area (TPSA) is 46.9 Å². The summed E-state index contributed by atoms with van der Waals surface area (Å²) in [5.41, 5.74) is 3.71. The highest BCUT2D eigenvalue weighted by Crippen LogP contribution is 2.29. The van der Waals surface area contributed by atoms with E-state index >= 15 is 0 Å². The summed E-state index contributed by atoms with van der Waals surface area (Å²) in [4.78, 5) is 17.5. The molecule has 144 valence electrons. The zero-order valence-electron chi connectivity index (χ0n) is 15.7. The summed E-state index contributed by atoms with van der Waals surface area (Å²) in [5.74, 6) is -0.618. The van der Waals surface area contributed by atoms with Crippen LogP contribution in [0.25, 0.3) is 16.8 Å². The third-order valence-corrected chi connectivity index (χ3v) is 5.14. The van der Waals surface area contributed by atoms with Gasteiger partial charge >= 0.3 is 0 Å². The molecule has 0 atom stereocenters. The Kier molecular flexibility index (Phi) is 5.44. The lowest BCUT2D eigenvalue weighted by Gasteiger charge is -2.14. The molecule has 0 fully saturated rings. The maximum absolute atomic E-state index is 13.4. The Morgan fingerprint density at radius 1 is 0.966 bits per heavy atom. The van der Waals surface area contributed by atoms with Crippen LogP contribution < -0.4 is 5.32 Å². The molecule has 1 amide bonds. The number of carbonyl (C=O) groups is 1. The molecule has 4 aromatic rings. The van der Waals surface area contributed by atoms with E-state index in [1.807, 2.05) is 60.9 Å². The van der Waals surface area contributed by atoms with Gasteiger partial charge in [0.15, 0.2) is 5.16 Å². The minimum Gasteiger partial charge on any atom is -0.320 e. The van der Waals surface area contributed by atoms with Crippen LogP contribution in [0.4, 0.5) is 10.1 Å². The molecule has 0 spiro atoms. The van der Waals surface area contributed by atoms with Crippen LogP contribution in [0.15, 0.2) is 90.2 Å². The van der Waals surface area contributed by atoms with Gasteiger partial charge in [-0.3, -0.25) is 9.36 Å². The van der Waals surface area contributed by atoms with Crippen molar-refractivity contribution < 1.29 is 9.18 Å². The summed E-state index contributed by atoms with van der Waals surface area (Å²) in [6.45, 7) is 0. The SMILES string of the molecule is CSc1ncc(C(=O)Nc2ccccc2-c2ccccc2)n1-c1ccc(F)cc1. The number of benzene rings is 3. The normalized spacial score (nSPS) is 10.7. The number of thioether (sulfide) groups is 1. The number of halogens is 1. The number of anilines is 1. The van der Waals surface area contributed by atoms with E-state index in [2.05, 4.69) is 10.3 Å². The minimum atomic E-state index is -0.331. The first kappa shape index (κ1) is 19.0. The van der Waals surface area contributed by atoms with Crippen LogP contribution in [-0.2, 0) is 0 Å². The monoisotopic (exact) mass is 403 g/mol. The average Bonchev–Trinajstić information content (AvgIpc) is 3.19. The van der Waals surface area contributed by atoms with Gasteiger partial charge < -0.3 is 5.32 Å². The van der Waals surface area contributed by atoms with E-state index in [-0.39, 0.29) is 11.7 Å². The number of hydrogen-bond acceptors (Lipinski definition) is 3. The van der Waals surface area contributed by atoms with Crippen LogP contribution in [0.5, 0.6) is 0 Å². The molecule has 0 aliphatic rings. The molecular formula is C23H18FN3OS. The average molecular weight is 403 g/mol. The fourth-order valence-corrected chi connectivity index (χ4v) is 3.67. The van der Waals surface area contributed by atoms with Gasteiger partial charge in [-0.2, -0.15) is 0 Å². The Morgan fingerprint density at radius 3 is 2.38 bits per heavy atom. The Hall–Kier alpha value is -3.38. The Morgan fingerprint density at radius 2 is 1.66 bits per heavy atom. The van der Waals surface area contributed by atoms with Crippen molar-refractivity contribution in [1.82, 2.24) is 9.55 Å². The number of nitrogens with one attached hydrogen (secondary N) is 1. The molecule has 0 aliphatic heterocycles. The lowest BCUT2D eigenvalue weighted by Crippen LogP contribution is -2.17. The van der Waals surface area contributed by atoms with Gasteiger partial charge in [0.1, 0.15) is 11.5 Å². The summed E-state index contributed by atoms with van der Waals surface area (Å²) < 4.78 is 15.1. The zero-order valence-corrected chi connectivity index (χ0v) is 16.5. The number of aromatic nitrogens is 2. The van der Waals surface area contributed by atoms with Crippen molar-refractivity contribution in [1.29, 1.82) is 0 Å². The van der Waals surface area contributed by atoms with E-state index < -0.39 is 0 Å². The Labute approximate surface area is 172 Å². The predicted molar refractivity (Wildman–Crippen MR) is 115 cm³/mol. The van der Waals surface area contributed by atoms with Crippen molar-refractivity contribution in [3.63, 3.8) is 0 Å². The number of para-hydroxylation sites is 1. The zero-order chi connectivity index (χ0) is 20.2. The fourth-order valence-electron chi connectivity index (χ4n) is 3.13. The number of hydrogen-bond donors (Lipinski definition) is 1. The lowest BCUT2D eigenvalue weighted by atomic mass is 10.0. The highest BCUT2D eigenvalue weighted by molar-refractivity contribution is 7.98. The molecule has 1 N–H and O–H groups in total. The second-order valence-electron chi connectivity index (χ2n) is 6.31. The van der Waals surface area contributed by atoms with E-state index in [0.717, 1.165) is 11.1 Å². The maximum atomic E-state index is 13.4. The number of amides is 1. The van der Waals surface area contributed by atoms with Crippen LogP contribution in [-0.4, -0.2) is 21.7 Å². The van der Waals surface area contributed by atoms with Crippen LogP contribution >= 0.6 is 11.8 Å². The van der Waals surface area contributed by atoms with Gasteiger partial charge in [0.05, 0.1) is 6.20 Å². The van der Waals surface area contributed by atoms with Gasteiger partial charge in [-0.25, -0.2) is 9.37 Å². The molecule has 3 aromatic carbocycles. The van der Waals surface area contributed by atoms with Gasteiger partial charge in [0, 0.05) is 16.9 Å². The Balaban J connectivity index is 1.71. The first-order valence-electron chi connectivity index (χ1n) is 9.01. The second kappa shape index (κ2) is 8.32. The standard InChI is InChI=1S/C23H18FN3OS/c1-29-23-25-15-21(27(23)18-13-11-17(24)12-14-18)22(28)26-20-10-6-5-9-19(20)16-7-3-2-4-8-16/h2-15H,1H3,(H,26,28). The van der Waals surface area contributed by atoms with Gasteiger partial charge in [0.2, 0.25) is 0 Å². The highest BCUT2D eigenvalue weighted by Gasteiger charge is 2.19. The lowest BCUT2D eigenvalue weighted by molar-refractivity contribution is 0.102. The minimum absolute atomic E-state index is 0.287. The summed E-state index contributed by atoms with van der Waals surface area (Å²) in [6.07, 6.45) is 3.42. The quantitative estimate of drug-likeness (QED) is 0.438. The molecule has 4 rings (SSSR count). The number of rotatable bonds is 5. The molecule has 1 heterocycles. The van der Waals surface area contributed by atoms with Gasteiger partial charge in [-0.15, -0.1) is 0 Å². The molecule has 4 nitrogen and oxygen atoms in total. The second-order valence-corrected chi connectivity index (χ2v) is 7.08. The van der Waals surface area contributed by atoms with E-state index in [4.69, 9.17) is 0 Å². The molecule has 1 aromatic heterocycles. The number of imidazole rings is 1. The first-order valence-corrected chi connectivity index (χ1v) is 10.2. The first-order chi connectivity index (χ1) is 14.2. The van der Waals surface area contributed by atoms with Crippen molar-refractivity contribution in [2.45, 2.75) is 5.16 Å². The largest absolute Gasteiger partial charge is 0.320 e. The predicted octanol–water partition coefficient (Wildman–Crippen LogP) is 5.65. The summed E-state index contributed by atoms with van der Waals surface area (Å²) in [5, 5.41) is 3.65.